The minimum Gasteiger partial charge on any atom is -0.457 e. The molecular weight excluding hydrogens is 300 g/mol. The van der Waals surface area contributed by atoms with Crippen LogP contribution in [0.1, 0.15) is 31.1 Å². The number of aromatic nitrogens is 2. The molecule has 0 saturated heterocycles. The first-order chi connectivity index (χ1) is 9.23. The van der Waals surface area contributed by atoms with Crippen molar-refractivity contribution in [3.05, 3.63) is 29.1 Å². The fraction of sp³-hybridized carbons (Fsp3) is 0.385. The van der Waals surface area contributed by atoms with Gasteiger partial charge >= 0.3 is 5.97 Å². The van der Waals surface area contributed by atoms with Crippen LogP contribution in [0.5, 0.6) is 0 Å². The summed E-state index contributed by atoms with van der Waals surface area (Å²) in [5.41, 5.74) is -0.463. The van der Waals surface area contributed by atoms with Crippen LogP contribution in [0.25, 0.3) is 0 Å². The van der Waals surface area contributed by atoms with Crippen molar-refractivity contribution >= 4 is 35.1 Å². The Morgan fingerprint density at radius 2 is 2.00 bits per heavy atom. The molecule has 0 aliphatic rings. The average molecular weight is 315 g/mol. The number of nitrogens with zero attached hydrogens (tertiary/aromatic N) is 2. The zero-order valence-electron chi connectivity index (χ0n) is 11.6. The molecule has 1 heterocycles. The van der Waals surface area contributed by atoms with Gasteiger partial charge in [-0.2, -0.15) is 0 Å². The van der Waals surface area contributed by atoms with Crippen LogP contribution >= 0.6 is 23.4 Å². The molecular formula is C13H15ClN2O3S. The number of halogens is 1. The fourth-order valence-corrected chi connectivity index (χ4v) is 1.79. The zero-order valence-corrected chi connectivity index (χ0v) is 13.2. The molecule has 20 heavy (non-hydrogen) atoms. The number of ketones is 1. The number of ether oxygens (including phenoxy) is 1. The Labute approximate surface area is 126 Å². The minimum absolute atomic E-state index is 0.0585. The summed E-state index contributed by atoms with van der Waals surface area (Å²) < 4.78 is 5.05. The summed E-state index contributed by atoms with van der Waals surface area (Å²) in [5, 5.41) is 0.533. The second-order valence-corrected chi connectivity index (χ2v) is 5.92. The van der Waals surface area contributed by atoms with Crippen LogP contribution in [0.4, 0.5) is 0 Å². The molecule has 0 spiro atoms. The lowest BCUT2D eigenvalue weighted by Crippen LogP contribution is -2.22. The van der Waals surface area contributed by atoms with Gasteiger partial charge in [0.15, 0.2) is 10.9 Å². The van der Waals surface area contributed by atoms with E-state index in [0.717, 1.165) is 12.2 Å². The zero-order chi connectivity index (χ0) is 15.3. The predicted octanol–water partition coefficient (Wildman–Crippen LogP) is 2.93. The highest BCUT2D eigenvalue weighted by Gasteiger charge is 2.15. The van der Waals surface area contributed by atoms with Crippen LogP contribution < -0.4 is 0 Å². The first-order valence-electron chi connectivity index (χ1n) is 5.75. The number of allylic oxidation sites excluding steroid dienone is 1. The maximum absolute atomic E-state index is 11.9. The molecule has 0 unspecified atom stereocenters. The second kappa shape index (κ2) is 6.85. The molecule has 7 heteroatoms. The summed E-state index contributed by atoms with van der Waals surface area (Å²) >= 11 is 7.21. The largest absolute Gasteiger partial charge is 0.457 e. The van der Waals surface area contributed by atoms with Crippen LogP contribution in [0.15, 0.2) is 23.5 Å². The molecule has 1 aromatic heterocycles. The van der Waals surface area contributed by atoms with Crippen molar-refractivity contribution in [2.45, 2.75) is 31.5 Å². The molecule has 0 bridgehead atoms. The van der Waals surface area contributed by atoms with Crippen molar-refractivity contribution in [2.24, 2.45) is 0 Å². The third-order valence-corrected chi connectivity index (χ3v) is 2.80. The number of esters is 1. The van der Waals surface area contributed by atoms with Gasteiger partial charge in [-0.1, -0.05) is 23.4 Å². The Bertz CT molecular complexity index is 553. The van der Waals surface area contributed by atoms with Crippen molar-refractivity contribution in [1.82, 2.24) is 9.97 Å². The van der Waals surface area contributed by atoms with Crippen molar-refractivity contribution in [3.8, 4) is 0 Å². The van der Waals surface area contributed by atoms with E-state index in [1.165, 1.54) is 18.0 Å². The van der Waals surface area contributed by atoms with Gasteiger partial charge in [-0.25, -0.2) is 14.8 Å². The number of thioether (sulfide) groups is 1. The van der Waals surface area contributed by atoms with Gasteiger partial charge in [-0.05, 0) is 33.1 Å². The Morgan fingerprint density at radius 3 is 2.50 bits per heavy atom. The number of hydrogen-bond acceptors (Lipinski definition) is 6. The Morgan fingerprint density at radius 1 is 1.35 bits per heavy atom. The maximum Gasteiger partial charge on any atom is 0.331 e. The van der Waals surface area contributed by atoms with Gasteiger partial charge in [-0.3, -0.25) is 4.79 Å². The molecule has 0 fully saturated rings. The van der Waals surface area contributed by atoms with E-state index < -0.39 is 17.4 Å². The Balaban J connectivity index is 2.79. The molecule has 1 aromatic rings. The van der Waals surface area contributed by atoms with Crippen LogP contribution in [0.2, 0.25) is 5.15 Å². The fourth-order valence-electron chi connectivity index (χ4n) is 1.18. The highest BCUT2D eigenvalue weighted by atomic mass is 35.5. The molecule has 0 saturated carbocycles. The number of carbonyl (C=O) groups is 2. The number of carbonyl (C=O) groups excluding carboxylic acids is 2. The standard InChI is InChI=1S/C13H15ClN2O3S/c1-13(2,3)19-10(18)6-5-9(17)8-7-15-12(20-4)16-11(8)14/h5-7H,1-4H3. The van der Waals surface area contributed by atoms with Gasteiger partial charge in [0, 0.05) is 12.3 Å². The monoisotopic (exact) mass is 314 g/mol. The van der Waals surface area contributed by atoms with Gasteiger partial charge in [0.1, 0.15) is 10.8 Å². The normalized spacial score (nSPS) is 11.7. The summed E-state index contributed by atoms with van der Waals surface area (Å²) in [4.78, 5) is 31.2. The van der Waals surface area contributed by atoms with Crippen LogP contribution in [0.3, 0.4) is 0 Å². The van der Waals surface area contributed by atoms with Crippen molar-refractivity contribution in [3.63, 3.8) is 0 Å². The van der Waals surface area contributed by atoms with E-state index in [4.69, 9.17) is 16.3 Å². The quantitative estimate of drug-likeness (QED) is 0.212. The lowest BCUT2D eigenvalue weighted by atomic mass is 10.2. The highest BCUT2D eigenvalue weighted by Crippen LogP contribution is 2.17. The van der Waals surface area contributed by atoms with Crippen LogP contribution in [0, 0.1) is 0 Å². The summed E-state index contributed by atoms with van der Waals surface area (Å²) in [6.45, 7) is 5.23. The SMILES string of the molecule is CSc1ncc(C(=O)C=CC(=O)OC(C)(C)C)c(Cl)n1. The molecule has 1 rings (SSSR count). The maximum atomic E-state index is 11.9. The van der Waals surface area contributed by atoms with Gasteiger partial charge in [-0.15, -0.1) is 0 Å². The number of hydrogen-bond donors (Lipinski definition) is 0. The van der Waals surface area contributed by atoms with E-state index >= 15 is 0 Å². The molecule has 0 aliphatic heterocycles. The third-order valence-electron chi connectivity index (χ3n) is 1.95. The van der Waals surface area contributed by atoms with Gasteiger partial charge in [0.2, 0.25) is 0 Å². The third kappa shape index (κ3) is 5.30. The Kier molecular flexibility index (Phi) is 5.71. The van der Waals surface area contributed by atoms with E-state index in [1.54, 1.807) is 27.0 Å². The van der Waals surface area contributed by atoms with Crippen molar-refractivity contribution in [1.29, 1.82) is 0 Å². The van der Waals surface area contributed by atoms with E-state index in [2.05, 4.69) is 9.97 Å². The topological polar surface area (TPSA) is 69.2 Å². The molecule has 0 atom stereocenters. The van der Waals surface area contributed by atoms with E-state index in [1.807, 2.05) is 0 Å². The molecule has 0 amide bonds. The second-order valence-electron chi connectivity index (χ2n) is 4.79. The predicted molar refractivity (Wildman–Crippen MR) is 78.1 cm³/mol. The van der Waals surface area contributed by atoms with E-state index in [9.17, 15) is 9.59 Å². The van der Waals surface area contributed by atoms with Gasteiger partial charge in [0.25, 0.3) is 0 Å². The molecule has 0 N–H and O–H groups in total. The van der Waals surface area contributed by atoms with Crippen molar-refractivity contribution < 1.29 is 14.3 Å². The summed E-state index contributed by atoms with van der Waals surface area (Å²) in [5.74, 6) is -1.04. The van der Waals surface area contributed by atoms with Crippen molar-refractivity contribution in [2.75, 3.05) is 6.26 Å². The molecule has 5 nitrogen and oxygen atoms in total. The lowest BCUT2D eigenvalue weighted by molar-refractivity contribution is -0.148. The highest BCUT2D eigenvalue weighted by molar-refractivity contribution is 7.98. The molecule has 0 aliphatic carbocycles. The van der Waals surface area contributed by atoms with E-state index in [-0.39, 0.29) is 10.7 Å². The van der Waals surface area contributed by atoms with Crippen LogP contribution in [-0.2, 0) is 9.53 Å². The first kappa shape index (κ1) is 16.7. The minimum atomic E-state index is -0.606. The Hall–Kier alpha value is -1.40. The molecule has 0 aromatic carbocycles. The summed E-state index contributed by atoms with van der Waals surface area (Å²) in [7, 11) is 0. The average Bonchev–Trinajstić information content (AvgIpc) is 2.33. The summed E-state index contributed by atoms with van der Waals surface area (Å²) in [6.07, 6.45) is 5.29. The van der Waals surface area contributed by atoms with Gasteiger partial charge < -0.3 is 4.74 Å². The summed E-state index contributed by atoms with van der Waals surface area (Å²) in [6, 6.07) is 0. The van der Waals surface area contributed by atoms with Gasteiger partial charge in [0.05, 0.1) is 5.56 Å². The first-order valence-corrected chi connectivity index (χ1v) is 7.35. The lowest BCUT2D eigenvalue weighted by Gasteiger charge is -2.17. The molecule has 0 radical (unpaired) electrons. The number of rotatable bonds is 4. The van der Waals surface area contributed by atoms with Crippen LogP contribution in [-0.4, -0.2) is 33.6 Å². The molecule has 108 valence electrons. The van der Waals surface area contributed by atoms with E-state index in [0.29, 0.717) is 5.16 Å². The smallest absolute Gasteiger partial charge is 0.331 e.